The molecule has 3 aromatic heterocycles. The largest absolute Gasteiger partial charge is 0.309 e. The molecule has 0 saturated heterocycles. The second kappa shape index (κ2) is 12.7. The SMILES string of the molecule is [C-]#[N+]c1cccc(-c2nc(-c3ccc(-n4c5ccccc5c5cc(-c6ccc7c(c6)c6ccccc6n7-c6ccccc6)ccc54)cc3)nc3ccccc23)c1. The summed E-state index contributed by atoms with van der Waals surface area (Å²) in [6.45, 7) is 7.54. The standard InChI is InChI=1S/C51H31N5/c1-52-37-13-11-12-36(30-37)50-42-18-5-8-19-45(42)53-51(54-50)33-22-26-39(27-23-33)56-47-21-10-7-17-41(47)44-32-35(25-29-49(44)56)34-24-28-48-43(31-34)40-16-6-9-20-46(40)55(48)38-14-3-2-4-15-38/h2-32H. The zero-order valence-corrected chi connectivity index (χ0v) is 30.1. The maximum Gasteiger partial charge on any atom is 0.187 e. The van der Waals surface area contributed by atoms with Gasteiger partial charge in [-0.1, -0.05) is 103 Å². The van der Waals surface area contributed by atoms with E-state index in [1.165, 1.54) is 43.7 Å². The first kappa shape index (κ1) is 31.7. The van der Waals surface area contributed by atoms with Crippen molar-refractivity contribution in [2.45, 2.75) is 0 Å². The van der Waals surface area contributed by atoms with Gasteiger partial charge in [0.2, 0.25) is 0 Å². The van der Waals surface area contributed by atoms with E-state index in [1.54, 1.807) is 0 Å². The molecule has 0 unspecified atom stereocenters. The minimum absolute atomic E-state index is 0.586. The Morgan fingerprint density at radius 3 is 1.55 bits per heavy atom. The molecule has 260 valence electrons. The van der Waals surface area contributed by atoms with Gasteiger partial charge in [-0.3, -0.25) is 0 Å². The van der Waals surface area contributed by atoms with E-state index < -0.39 is 0 Å². The predicted molar refractivity (Wildman–Crippen MR) is 231 cm³/mol. The molecule has 0 atom stereocenters. The van der Waals surface area contributed by atoms with E-state index in [0.29, 0.717) is 11.5 Å². The first-order valence-electron chi connectivity index (χ1n) is 18.7. The van der Waals surface area contributed by atoms with Crippen LogP contribution in [0.15, 0.2) is 188 Å². The smallest absolute Gasteiger partial charge is 0.187 e. The lowest BCUT2D eigenvalue weighted by Crippen LogP contribution is -1.97. The minimum Gasteiger partial charge on any atom is -0.309 e. The molecule has 0 spiro atoms. The molecule has 56 heavy (non-hydrogen) atoms. The lowest BCUT2D eigenvalue weighted by atomic mass is 10.0. The zero-order chi connectivity index (χ0) is 37.2. The molecule has 0 N–H and O–H groups in total. The lowest BCUT2D eigenvalue weighted by molar-refractivity contribution is 1.17. The molecule has 5 heteroatoms. The van der Waals surface area contributed by atoms with Gasteiger partial charge in [0.05, 0.1) is 39.8 Å². The van der Waals surface area contributed by atoms with Crippen LogP contribution in [0.5, 0.6) is 0 Å². The molecule has 0 aliphatic carbocycles. The van der Waals surface area contributed by atoms with Crippen LogP contribution in [0, 0.1) is 6.57 Å². The topological polar surface area (TPSA) is 40.0 Å². The molecule has 11 aromatic rings. The van der Waals surface area contributed by atoms with Gasteiger partial charge in [-0.25, -0.2) is 14.8 Å². The van der Waals surface area contributed by atoms with Crippen LogP contribution >= 0.6 is 0 Å². The molecule has 0 saturated carbocycles. The normalized spacial score (nSPS) is 11.6. The summed E-state index contributed by atoms with van der Waals surface area (Å²) in [5.74, 6) is 0.647. The monoisotopic (exact) mass is 713 g/mol. The molecule has 0 bridgehead atoms. The Morgan fingerprint density at radius 2 is 0.911 bits per heavy atom. The van der Waals surface area contributed by atoms with Gasteiger partial charge in [-0.15, -0.1) is 0 Å². The Balaban J connectivity index is 1.01. The Kier molecular flexibility index (Phi) is 7.16. The summed E-state index contributed by atoms with van der Waals surface area (Å²) in [4.78, 5) is 13.7. The second-order valence-corrected chi connectivity index (χ2v) is 14.1. The molecule has 0 aliphatic rings. The Labute approximate surface area is 322 Å². The molecule has 5 nitrogen and oxygen atoms in total. The quantitative estimate of drug-likeness (QED) is 0.167. The van der Waals surface area contributed by atoms with Crippen LogP contribution in [0.25, 0.3) is 105 Å². The third-order valence-corrected chi connectivity index (χ3v) is 10.9. The van der Waals surface area contributed by atoms with E-state index in [1.807, 2.05) is 48.5 Å². The van der Waals surface area contributed by atoms with Gasteiger partial charge >= 0.3 is 0 Å². The molecule has 11 rings (SSSR count). The summed E-state index contributed by atoms with van der Waals surface area (Å²) in [5.41, 5.74) is 13.4. The van der Waals surface area contributed by atoms with Gasteiger partial charge in [0.1, 0.15) is 0 Å². The average Bonchev–Trinajstić information content (AvgIpc) is 3.78. The number of hydrogen-bond donors (Lipinski definition) is 0. The van der Waals surface area contributed by atoms with Crippen LogP contribution < -0.4 is 0 Å². The summed E-state index contributed by atoms with van der Waals surface area (Å²) in [6.07, 6.45) is 0. The van der Waals surface area contributed by atoms with Gasteiger partial charge in [0, 0.05) is 43.9 Å². The van der Waals surface area contributed by atoms with Crippen molar-refractivity contribution in [1.29, 1.82) is 0 Å². The highest BCUT2D eigenvalue weighted by Crippen LogP contribution is 2.39. The summed E-state index contributed by atoms with van der Waals surface area (Å²) < 4.78 is 4.70. The summed E-state index contributed by atoms with van der Waals surface area (Å²) in [7, 11) is 0. The van der Waals surface area contributed by atoms with Crippen molar-refractivity contribution in [2.24, 2.45) is 0 Å². The van der Waals surface area contributed by atoms with Crippen molar-refractivity contribution in [1.82, 2.24) is 19.1 Å². The van der Waals surface area contributed by atoms with Crippen LogP contribution in [-0.2, 0) is 0 Å². The fourth-order valence-electron chi connectivity index (χ4n) is 8.35. The first-order valence-corrected chi connectivity index (χ1v) is 18.7. The van der Waals surface area contributed by atoms with E-state index in [-0.39, 0.29) is 0 Å². The molecular weight excluding hydrogens is 683 g/mol. The number of aromatic nitrogens is 4. The van der Waals surface area contributed by atoms with Crippen LogP contribution in [0.4, 0.5) is 5.69 Å². The van der Waals surface area contributed by atoms with Crippen LogP contribution in [0.3, 0.4) is 0 Å². The van der Waals surface area contributed by atoms with Crippen LogP contribution in [0.2, 0.25) is 0 Å². The van der Waals surface area contributed by atoms with Gasteiger partial charge in [0.25, 0.3) is 0 Å². The molecule has 8 aromatic carbocycles. The summed E-state index contributed by atoms with van der Waals surface area (Å²) in [5, 5.41) is 5.86. The van der Waals surface area contributed by atoms with Crippen molar-refractivity contribution in [3.63, 3.8) is 0 Å². The van der Waals surface area contributed by atoms with Gasteiger partial charge < -0.3 is 9.13 Å². The van der Waals surface area contributed by atoms with Gasteiger partial charge in [-0.2, -0.15) is 0 Å². The van der Waals surface area contributed by atoms with Crippen molar-refractivity contribution < 1.29 is 0 Å². The minimum atomic E-state index is 0.586. The van der Waals surface area contributed by atoms with Gasteiger partial charge in [-0.05, 0) is 102 Å². The van der Waals surface area contributed by atoms with E-state index in [4.69, 9.17) is 16.5 Å². The molecule has 0 amide bonds. The number of nitrogens with zero attached hydrogens (tertiary/aromatic N) is 5. The summed E-state index contributed by atoms with van der Waals surface area (Å²) >= 11 is 0. The second-order valence-electron chi connectivity index (χ2n) is 14.1. The highest BCUT2D eigenvalue weighted by molar-refractivity contribution is 6.12. The fraction of sp³-hybridized carbons (Fsp3) is 0. The first-order chi connectivity index (χ1) is 27.7. The van der Waals surface area contributed by atoms with Crippen molar-refractivity contribution in [2.75, 3.05) is 0 Å². The van der Waals surface area contributed by atoms with E-state index in [9.17, 15) is 0 Å². The van der Waals surface area contributed by atoms with Crippen LogP contribution in [0.1, 0.15) is 0 Å². The Hall–Kier alpha value is -7.81. The predicted octanol–water partition coefficient (Wildman–Crippen LogP) is 13.4. The van der Waals surface area contributed by atoms with Crippen LogP contribution in [-0.4, -0.2) is 19.1 Å². The summed E-state index contributed by atoms with van der Waals surface area (Å²) in [6, 6.07) is 65.8. The fourth-order valence-corrected chi connectivity index (χ4v) is 8.35. The highest BCUT2D eigenvalue weighted by atomic mass is 15.0. The van der Waals surface area contributed by atoms with Crippen molar-refractivity contribution in [3.05, 3.63) is 199 Å². The highest BCUT2D eigenvalue weighted by Gasteiger charge is 2.17. The van der Waals surface area contributed by atoms with Gasteiger partial charge in [0.15, 0.2) is 11.5 Å². The maximum atomic E-state index is 7.54. The lowest BCUT2D eigenvalue weighted by Gasteiger charge is -2.12. The number of para-hydroxylation sites is 4. The zero-order valence-electron chi connectivity index (χ0n) is 30.1. The molecular formula is C51H31N5. The number of fused-ring (bicyclic) bond motifs is 7. The number of hydrogen-bond acceptors (Lipinski definition) is 2. The van der Waals surface area contributed by atoms with E-state index in [0.717, 1.165) is 50.1 Å². The maximum absolute atomic E-state index is 7.54. The Bertz CT molecular complexity index is 3370. The molecule has 0 fully saturated rings. The number of rotatable bonds is 5. The average molecular weight is 714 g/mol. The Morgan fingerprint density at radius 1 is 0.375 bits per heavy atom. The van der Waals surface area contributed by atoms with E-state index >= 15 is 0 Å². The number of benzene rings is 8. The third-order valence-electron chi connectivity index (χ3n) is 10.9. The molecule has 0 aliphatic heterocycles. The van der Waals surface area contributed by atoms with Crippen molar-refractivity contribution >= 4 is 60.2 Å². The van der Waals surface area contributed by atoms with E-state index in [2.05, 4.69) is 154 Å². The molecule has 3 heterocycles. The van der Waals surface area contributed by atoms with Crippen molar-refractivity contribution in [3.8, 4) is 45.1 Å². The third kappa shape index (κ3) is 5.01. The molecule has 0 radical (unpaired) electrons.